The molecule has 1 fully saturated rings. The summed E-state index contributed by atoms with van der Waals surface area (Å²) in [5.41, 5.74) is 0.627. The van der Waals surface area contributed by atoms with Gasteiger partial charge in [0.15, 0.2) is 0 Å². The smallest absolute Gasteiger partial charge is 0.243 e. The highest BCUT2D eigenvalue weighted by molar-refractivity contribution is 7.99. The van der Waals surface area contributed by atoms with Crippen LogP contribution in [0, 0.1) is 0 Å². The van der Waals surface area contributed by atoms with Crippen LogP contribution in [0.3, 0.4) is 0 Å². The fraction of sp³-hybridized carbons (Fsp3) is 0.500. The highest BCUT2D eigenvalue weighted by Crippen LogP contribution is 2.22. The van der Waals surface area contributed by atoms with Crippen LogP contribution in [0.25, 0.3) is 0 Å². The van der Waals surface area contributed by atoms with Gasteiger partial charge < -0.3 is 5.11 Å². The highest BCUT2D eigenvalue weighted by atomic mass is 32.2. The number of hydrogen-bond acceptors (Lipinski definition) is 4. The van der Waals surface area contributed by atoms with Gasteiger partial charge in [-0.25, -0.2) is 8.42 Å². The number of hydrogen-bond donors (Lipinski definition) is 1. The summed E-state index contributed by atoms with van der Waals surface area (Å²) >= 11 is 1.77. The molecule has 0 spiro atoms. The van der Waals surface area contributed by atoms with Crippen molar-refractivity contribution in [2.75, 3.05) is 24.6 Å². The van der Waals surface area contributed by atoms with Gasteiger partial charge in [-0.05, 0) is 24.6 Å². The van der Waals surface area contributed by atoms with Crippen molar-refractivity contribution in [3.05, 3.63) is 29.8 Å². The molecule has 0 aliphatic carbocycles. The summed E-state index contributed by atoms with van der Waals surface area (Å²) in [5.74, 6) is 1.69. The molecular weight excluding hydrogens is 270 g/mol. The van der Waals surface area contributed by atoms with Crippen molar-refractivity contribution >= 4 is 21.8 Å². The second-order valence-electron chi connectivity index (χ2n) is 4.26. The maximum Gasteiger partial charge on any atom is 0.243 e. The van der Waals surface area contributed by atoms with E-state index in [0.29, 0.717) is 18.7 Å². The first-order chi connectivity index (χ1) is 8.51. The first kappa shape index (κ1) is 13.9. The van der Waals surface area contributed by atoms with Crippen LogP contribution in [0.4, 0.5) is 0 Å². The molecule has 1 aliphatic rings. The number of rotatable bonds is 3. The Bertz CT molecular complexity index is 508. The van der Waals surface area contributed by atoms with E-state index in [1.54, 1.807) is 43.0 Å². The molecule has 1 aromatic rings. The van der Waals surface area contributed by atoms with Crippen LogP contribution in [0.2, 0.25) is 0 Å². The van der Waals surface area contributed by atoms with E-state index in [-0.39, 0.29) is 4.90 Å². The van der Waals surface area contributed by atoms with Gasteiger partial charge in [0.1, 0.15) is 0 Å². The molecule has 1 aromatic carbocycles. The highest BCUT2D eigenvalue weighted by Gasteiger charge is 2.26. The number of aliphatic hydroxyl groups excluding tert-OH is 1. The maximum absolute atomic E-state index is 12.4. The number of nitrogens with zero attached hydrogens (tertiary/aromatic N) is 1. The van der Waals surface area contributed by atoms with Crippen molar-refractivity contribution in [3.63, 3.8) is 0 Å². The Balaban J connectivity index is 2.31. The van der Waals surface area contributed by atoms with Crippen molar-refractivity contribution in [1.29, 1.82) is 0 Å². The Morgan fingerprint density at radius 1 is 1.33 bits per heavy atom. The van der Waals surface area contributed by atoms with Crippen molar-refractivity contribution in [3.8, 4) is 0 Å². The van der Waals surface area contributed by atoms with E-state index < -0.39 is 16.1 Å². The third-order valence-electron chi connectivity index (χ3n) is 2.95. The summed E-state index contributed by atoms with van der Waals surface area (Å²) < 4.78 is 26.3. The Morgan fingerprint density at radius 2 is 2.00 bits per heavy atom. The van der Waals surface area contributed by atoms with Gasteiger partial charge in [0, 0.05) is 24.6 Å². The molecule has 1 heterocycles. The Kier molecular flexibility index (Phi) is 4.32. The van der Waals surface area contributed by atoms with Crippen LogP contribution in [-0.2, 0) is 10.0 Å². The SMILES string of the molecule is CC(O)c1cccc(S(=O)(=O)N2CCSCC2)c1. The molecule has 0 bridgehead atoms. The Hall–Kier alpha value is -0.560. The summed E-state index contributed by atoms with van der Waals surface area (Å²) in [4.78, 5) is 0.271. The Morgan fingerprint density at radius 3 is 2.61 bits per heavy atom. The van der Waals surface area contributed by atoms with Crippen LogP contribution < -0.4 is 0 Å². The van der Waals surface area contributed by atoms with Crippen LogP contribution >= 0.6 is 11.8 Å². The predicted octanol–water partition coefficient (Wildman–Crippen LogP) is 1.48. The standard InChI is InChI=1S/C12H17NO3S2/c1-10(14)11-3-2-4-12(9-11)18(15,16)13-5-7-17-8-6-13/h2-4,9-10,14H,5-8H2,1H3. The van der Waals surface area contributed by atoms with Gasteiger partial charge in [0.25, 0.3) is 0 Å². The monoisotopic (exact) mass is 287 g/mol. The minimum Gasteiger partial charge on any atom is -0.389 e. The normalized spacial score (nSPS) is 19.7. The summed E-state index contributed by atoms with van der Waals surface area (Å²) in [6.45, 7) is 2.75. The molecule has 0 saturated carbocycles. The lowest BCUT2D eigenvalue weighted by Crippen LogP contribution is -2.37. The molecule has 18 heavy (non-hydrogen) atoms. The van der Waals surface area contributed by atoms with E-state index in [4.69, 9.17) is 0 Å². The largest absolute Gasteiger partial charge is 0.389 e. The van der Waals surface area contributed by atoms with Crippen LogP contribution in [0.1, 0.15) is 18.6 Å². The van der Waals surface area contributed by atoms with E-state index >= 15 is 0 Å². The average Bonchev–Trinajstić information content (AvgIpc) is 2.40. The Labute approximate surface area is 112 Å². The van der Waals surface area contributed by atoms with E-state index in [9.17, 15) is 13.5 Å². The summed E-state index contributed by atoms with van der Waals surface area (Å²) in [6.07, 6.45) is -0.655. The minimum absolute atomic E-state index is 0.271. The molecule has 1 unspecified atom stereocenters. The van der Waals surface area contributed by atoms with Gasteiger partial charge in [-0.15, -0.1) is 0 Å². The molecule has 0 aromatic heterocycles. The number of benzene rings is 1. The van der Waals surface area contributed by atoms with E-state index in [1.807, 2.05) is 0 Å². The third kappa shape index (κ3) is 2.88. The van der Waals surface area contributed by atoms with Gasteiger partial charge in [0.05, 0.1) is 11.0 Å². The molecule has 1 atom stereocenters. The quantitative estimate of drug-likeness (QED) is 0.915. The predicted molar refractivity (Wildman–Crippen MR) is 73.2 cm³/mol. The van der Waals surface area contributed by atoms with Gasteiger partial charge >= 0.3 is 0 Å². The molecular formula is C12H17NO3S2. The molecule has 0 amide bonds. The van der Waals surface area contributed by atoms with Crippen molar-refractivity contribution in [1.82, 2.24) is 4.31 Å². The molecule has 4 nitrogen and oxygen atoms in total. The van der Waals surface area contributed by atoms with Crippen molar-refractivity contribution < 1.29 is 13.5 Å². The van der Waals surface area contributed by atoms with Crippen LogP contribution in [0.15, 0.2) is 29.2 Å². The number of aliphatic hydroxyl groups is 1. The summed E-state index contributed by atoms with van der Waals surface area (Å²) in [7, 11) is -3.41. The lowest BCUT2D eigenvalue weighted by atomic mass is 10.1. The zero-order chi connectivity index (χ0) is 13.2. The van der Waals surface area contributed by atoms with E-state index in [1.165, 1.54) is 4.31 Å². The van der Waals surface area contributed by atoms with Gasteiger partial charge in [-0.1, -0.05) is 12.1 Å². The fourth-order valence-electron chi connectivity index (χ4n) is 1.87. The zero-order valence-corrected chi connectivity index (χ0v) is 11.9. The molecule has 2 rings (SSSR count). The lowest BCUT2D eigenvalue weighted by Gasteiger charge is -2.25. The average molecular weight is 287 g/mol. The van der Waals surface area contributed by atoms with Crippen LogP contribution in [-0.4, -0.2) is 42.4 Å². The minimum atomic E-state index is -3.41. The van der Waals surface area contributed by atoms with Crippen molar-refractivity contribution in [2.45, 2.75) is 17.9 Å². The maximum atomic E-state index is 12.4. The number of thioether (sulfide) groups is 1. The molecule has 1 saturated heterocycles. The molecule has 100 valence electrons. The molecule has 1 N–H and O–H groups in total. The van der Waals surface area contributed by atoms with Gasteiger partial charge in [0.2, 0.25) is 10.0 Å². The van der Waals surface area contributed by atoms with Gasteiger partial charge in [-0.2, -0.15) is 16.1 Å². The first-order valence-electron chi connectivity index (χ1n) is 5.88. The topological polar surface area (TPSA) is 57.6 Å². The second kappa shape index (κ2) is 5.61. The van der Waals surface area contributed by atoms with Crippen molar-refractivity contribution in [2.24, 2.45) is 0 Å². The summed E-state index contributed by atoms with van der Waals surface area (Å²) in [5, 5.41) is 9.51. The number of sulfonamides is 1. The second-order valence-corrected chi connectivity index (χ2v) is 7.43. The zero-order valence-electron chi connectivity index (χ0n) is 10.2. The van der Waals surface area contributed by atoms with E-state index in [0.717, 1.165) is 11.5 Å². The lowest BCUT2D eigenvalue weighted by molar-refractivity contribution is 0.199. The first-order valence-corrected chi connectivity index (χ1v) is 8.47. The molecule has 0 radical (unpaired) electrons. The fourth-order valence-corrected chi connectivity index (χ4v) is 4.50. The van der Waals surface area contributed by atoms with Gasteiger partial charge in [-0.3, -0.25) is 0 Å². The van der Waals surface area contributed by atoms with E-state index in [2.05, 4.69) is 0 Å². The molecule has 6 heteroatoms. The molecule has 1 aliphatic heterocycles. The van der Waals surface area contributed by atoms with Crippen LogP contribution in [0.5, 0.6) is 0 Å². The summed E-state index contributed by atoms with van der Waals surface area (Å²) in [6, 6.07) is 6.55. The third-order valence-corrected chi connectivity index (χ3v) is 5.79.